The van der Waals surface area contributed by atoms with Gasteiger partial charge >= 0.3 is 0 Å². The zero-order valence-corrected chi connectivity index (χ0v) is 14.9. The SMILES string of the molecule is C[C@H]1Cc2cc(S(=O)(=O)N3CCc4c(ncn(C)c4=O)C3)ccc2O1. The molecular formula is C17H19N3O4S. The van der Waals surface area contributed by atoms with Crippen LogP contribution in [0.1, 0.15) is 23.7 Å². The van der Waals surface area contributed by atoms with Gasteiger partial charge in [0.05, 0.1) is 23.5 Å². The standard InChI is InChI=1S/C17H19N3O4S/c1-11-7-12-8-13(3-4-16(12)24-11)25(22,23)20-6-5-14-15(9-20)18-10-19(2)17(14)21/h3-4,8,10-11H,5-7,9H2,1-2H3/t11-/m0/s1. The van der Waals surface area contributed by atoms with Crippen LogP contribution in [0.25, 0.3) is 0 Å². The summed E-state index contributed by atoms with van der Waals surface area (Å²) in [5.41, 5.74) is 1.95. The van der Waals surface area contributed by atoms with Gasteiger partial charge in [0.25, 0.3) is 5.56 Å². The van der Waals surface area contributed by atoms with Crippen LogP contribution in [0.15, 0.2) is 34.2 Å². The maximum atomic E-state index is 13.0. The molecule has 0 spiro atoms. The fraction of sp³-hybridized carbons (Fsp3) is 0.412. The fourth-order valence-electron chi connectivity index (χ4n) is 3.41. The van der Waals surface area contributed by atoms with Crippen LogP contribution in [0.4, 0.5) is 0 Å². The van der Waals surface area contributed by atoms with Crippen molar-refractivity contribution >= 4 is 10.0 Å². The Balaban J connectivity index is 1.67. The monoisotopic (exact) mass is 361 g/mol. The number of rotatable bonds is 2. The van der Waals surface area contributed by atoms with Gasteiger partial charge in [-0.2, -0.15) is 4.31 Å². The highest BCUT2D eigenvalue weighted by atomic mass is 32.2. The molecule has 1 aromatic carbocycles. The Morgan fingerprint density at radius 1 is 1.32 bits per heavy atom. The summed E-state index contributed by atoms with van der Waals surface area (Å²) < 4.78 is 34.5. The summed E-state index contributed by atoms with van der Waals surface area (Å²) in [7, 11) is -1.99. The third-order valence-corrected chi connectivity index (χ3v) is 6.60. The Morgan fingerprint density at radius 3 is 2.92 bits per heavy atom. The lowest BCUT2D eigenvalue weighted by Gasteiger charge is -2.27. The topological polar surface area (TPSA) is 81.5 Å². The summed E-state index contributed by atoms with van der Waals surface area (Å²) >= 11 is 0. The van der Waals surface area contributed by atoms with E-state index in [2.05, 4.69) is 4.98 Å². The highest BCUT2D eigenvalue weighted by molar-refractivity contribution is 7.89. The van der Waals surface area contributed by atoms with E-state index in [1.165, 1.54) is 15.2 Å². The van der Waals surface area contributed by atoms with Gasteiger partial charge in [-0.1, -0.05) is 0 Å². The molecule has 3 heterocycles. The van der Waals surface area contributed by atoms with Gasteiger partial charge in [0.1, 0.15) is 11.9 Å². The minimum atomic E-state index is -3.64. The molecule has 0 saturated carbocycles. The molecule has 0 amide bonds. The van der Waals surface area contributed by atoms with Crippen LogP contribution < -0.4 is 10.3 Å². The second-order valence-electron chi connectivity index (χ2n) is 6.58. The smallest absolute Gasteiger partial charge is 0.256 e. The third kappa shape index (κ3) is 2.65. The summed E-state index contributed by atoms with van der Waals surface area (Å²) in [5, 5.41) is 0. The molecule has 0 bridgehead atoms. The maximum Gasteiger partial charge on any atom is 0.256 e. The summed E-state index contributed by atoms with van der Waals surface area (Å²) in [5.74, 6) is 0.751. The highest BCUT2D eigenvalue weighted by Gasteiger charge is 2.31. The molecule has 2 aliphatic rings. The minimum Gasteiger partial charge on any atom is -0.490 e. The van der Waals surface area contributed by atoms with Gasteiger partial charge in [-0.05, 0) is 37.1 Å². The summed E-state index contributed by atoms with van der Waals surface area (Å²) in [6.07, 6.45) is 2.58. The molecule has 1 aromatic heterocycles. The number of aromatic nitrogens is 2. The van der Waals surface area contributed by atoms with E-state index in [1.54, 1.807) is 25.2 Å². The molecule has 0 aliphatic carbocycles. The van der Waals surface area contributed by atoms with E-state index >= 15 is 0 Å². The van der Waals surface area contributed by atoms with Crippen molar-refractivity contribution in [3.8, 4) is 5.75 Å². The van der Waals surface area contributed by atoms with E-state index in [4.69, 9.17) is 4.74 Å². The average Bonchev–Trinajstić information content (AvgIpc) is 2.97. The van der Waals surface area contributed by atoms with Gasteiger partial charge in [-0.3, -0.25) is 4.79 Å². The molecule has 8 heteroatoms. The number of hydrogen-bond acceptors (Lipinski definition) is 5. The molecule has 7 nitrogen and oxygen atoms in total. The Hall–Kier alpha value is -2.19. The Labute approximate surface area is 145 Å². The summed E-state index contributed by atoms with van der Waals surface area (Å²) in [6.45, 7) is 2.36. The number of nitrogens with zero attached hydrogens (tertiary/aromatic N) is 3. The molecule has 25 heavy (non-hydrogen) atoms. The molecule has 132 valence electrons. The zero-order valence-electron chi connectivity index (χ0n) is 14.1. The van der Waals surface area contributed by atoms with Gasteiger partial charge in [-0.15, -0.1) is 0 Å². The van der Waals surface area contributed by atoms with E-state index in [-0.39, 0.29) is 29.6 Å². The number of hydrogen-bond donors (Lipinski definition) is 0. The molecule has 0 N–H and O–H groups in total. The first-order valence-electron chi connectivity index (χ1n) is 8.19. The van der Waals surface area contributed by atoms with Crippen molar-refractivity contribution in [2.45, 2.75) is 37.3 Å². The molecule has 0 unspecified atom stereocenters. The highest BCUT2D eigenvalue weighted by Crippen LogP contribution is 2.32. The molecular weight excluding hydrogens is 342 g/mol. The average molecular weight is 361 g/mol. The first kappa shape index (κ1) is 16.3. The lowest BCUT2D eigenvalue weighted by molar-refractivity contribution is 0.254. The van der Waals surface area contributed by atoms with Crippen molar-refractivity contribution in [2.24, 2.45) is 7.05 Å². The first-order chi connectivity index (χ1) is 11.9. The molecule has 0 fully saturated rings. The molecule has 4 rings (SSSR count). The Kier molecular flexibility index (Phi) is 3.69. The quantitative estimate of drug-likeness (QED) is 0.792. The molecule has 2 aliphatic heterocycles. The van der Waals surface area contributed by atoms with E-state index in [1.807, 2.05) is 6.92 Å². The molecule has 1 atom stereocenters. The normalized spacial score (nSPS) is 20.0. The predicted molar refractivity (Wildman–Crippen MR) is 91.0 cm³/mol. The number of aryl methyl sites for hydroxylation is 1. The van der Waals surface area contributed by atoms with Crippen molar-refractivity contribution in [3.05, 3.63) is 51.7 Å². The van der Waals surface area contributed by atoms with Crippen LogP contribution in [-0.4, -0.2) is 34.9 Å². The van der Waals surface area contributed by atoms with Crippen LogP contribution in [0, 0.1) is 0 Å². The lowest BCUT2D eigenvalue weighted by Crippen LogP contribution is -2.40. The van der Waals surface area contributed by atoms with E-state index < -0.39 is 10.0 Å². The van der Waals surface area contributed by atoms with Crippen molar-refractivity contribution in [1.29, 1.82) is 0 Å². The fourth-order valence-corrected chi connectivity index (χ4v) is 4.86. The van der Waals surface area contributed by atoms with Crippen molar-refractivity contribution in [1.82, 2.24) is 13.9 Å². The van der Waals surface area contributed by atoms with Gasteiger partial charge < -0.3 is 9.30 Å². The van der Waals surface area contributed by atoms with E-state index in [0.717, 1.165) is 11.3 Å². The molecule has 0 radical (unpaired) electrons. The van der Waals surface area contributed by atoms with Gasteiger partial charge in [0.2, 0.25) is 10.0 Å². The summed E-state index contributed by atoms with van der Waals surface area (Å²) in [4.78, 5) is 16.6. The van der Waals surface area contributed by atoms with Crippen LogP contribution in [-0.2, 0) is 36.5 Å². The van der Waals surface area contributed by atoms with Crippen molar-refractivity contribution < 1.29 is 13.2 Å². The van der Waals surface area contributed by atoms with Crippen LogP contribution >= 0.6 is 0 Å². The van der Waals surface area contributed by atoms with Gasteiger partial charge in [0.15, 0.2) is 0 Å². The first-order valence-corrected chi connectivity index (χ1v) is 9.63. The molecule has 0 saturated heterocycles. The second kappa shape index (κ2) is 5.67. The van der Waals surface area contributed by atoms with Crippen molar-refractivity contribution in [3.63, 3.8) is 0 Å². The third-order valence-electron chi connectivity index (χ3n) is 4.76. The minimum absolute atomic E-state index is 0.0650. The van der Waals surface area contributed by atoms with Crippen LogP contribution in [0.5, 0.6) is 5.75 Å². The number of ether oxygens (including phenoxy) is 1. The summed E-state index contributed by atoms with van der Waals surface area (Å²) in [6, 6.07) is 5.00. The predicted octanol–water partition coefficient (Wildman–Crippen LogP) is 0.851. The lowest BCUT2D eigenvalue weighted by atomic mass is 10.1. The molecule has 2 aromatic rings. The second-order valence-corrected chi connectivity index (χ2v) is 8.51. The van der Waals surface area contributed by atoms with Gasteiger partial charge in [0, 0.05) is 25.6 Å². The zero-order chi connectivity index (χ0) is 17.8. The van der Waals surface area contributed by atoms with Crippen LogP contribution in [0.3, 0.4) is 0 Å². The Bertz CT molecular complexity index is 1010. The Morgan fingerprint density at radius 2 is 2.12 bits per heavy atom. The largest absolute Gasteiger partial charge is 0.490 e. The number of fused-ring (bicyclic) bond motifs is 2. The van der Waals surface area contributed by atoms with E-state index in [9.17, 15) is 13.2 Å². The maximum absolute atomic E-state index is 13.0. The van der Waals surface area contributed by atoms with E-state index in [0.29, 0.717) is 24.1 Å². The van der Waals surface area contributed by atoms with Gasteiger partial charge in [-0.25, -0.2) is 13.4 Å². The number of benzene rings is 1. The van der Waals surface area contributed by atoms with Crippen LogP contribution in [0.2, 0.25) is 0 Å². The van der Waals surface area contributed by atoms with Crippen molar-refractivity contribution in [2.75, 3.05) is 6.54 Å². The number of sulfonamides is 1.